The van der Waals surface area contributed by atoms with E-state index in [9.17, 15) is 0 Å². The lowest BCUT2D eigenvalue weighted by Crippen LogP contribution is -2.29. The summed E-state index contributed by atoms with van der Waals surface area (Å²) in [6, 6.07) is 6.21. The molecule has 0 aliphatic heterocycles. The third-order valence-corrected chi connectivity index (χ3v) is 4.93. The Morgan fingerprint density at radius 1 is 1.35 bits per heavy atom. The van der Waals surface area contributed by atoms with Gasteiger partial charge in [-0.2, -0.15) is 0 Å². The van der Waals surface area contributed by atoms with E-state index in [2.05, 4.69) is 52.3 Å². The number of nitrogens with one attached hydrogen (secondary N) is 1. The van der Waals surface area contributed by atoms with Crippen LogP contribution in [-0.2, 0) is 6.42 Å². The summed E-state index contributed by atoms with van der Waals surface area (Å²) in [7, 11) is 0. The minimum atomic E-state index is 0.0143. The molecule has 20 heavy (non-hydrogen) atoms. The molecule has 2 aromatic rings. The first-order valence-electron chi connectivity index (χ1n) is 6.34. The summed E-state index contributed by atoms with van der Waals surface area (Å²) in [6.07, 6.45) is 4.12. The molecule has 0 spiro atoms. The molecule has 0 bridgehead atoms. The lowest BCUT2D eigenvalue weighted by molar-refractivity contribution is 0.551. The zero-order chi connectivity index (χ0) is 14.7. The minimum absolute atomic E-state index is 0.0143. The van der Waals surface area contributed by atoms with Crippen molar-refractivity contribution in [1.82, 2.24) is 10.4 Å². The van der Waals surface area contributed by atoms with Gasteiger partial charge in [0.15, 0.2) is 0 Å². The minimum Gasteiger partial charge on any atom is -0.271 e. The largest absolute Gasteiger partial charge is 0.271 e. The summed E-state index contributed by atoms with van der Waals surface area (Å²) in [5.41, 5.74) is 7.45. The fraction of sp³-hybridized carbons (Fsp3) is 0.267. The number of hydrogen-bond donors (Lipinski definition) is 2. The van der Waals surface area contributed by atoms with Crippen molar-refractivity contribution in [3.8, 4) is 0 Å². The number of benzene rings is 1. The number of pyridine rings is 1. The monoisotopic (exact) mass is 353 g/mol. The molecular weight excluding hydrogens is 338 g/mol. The standard InChI is InChI=1S/C15H17BrClN3/c1-9-5-12(6-10(2)15(9)16)14(20-18)7-11-3-4-19-8-13(11)17/h3-6,8,14,20H,7,18H2,1-2H3. The second kappa shape index (κ2) is 6.68. The molecule has 1 aromatic carbocycles. The van der Waals surface area contributed by atoms with Crippen molar-refractivity contribution < 1.29 is 0 Å². The van der Waals surface area contributed by atoms with Crippen LogP contribution in [-0.4, -0.2) is 4.98 Å². The molecule has 0 fully saturated rings. The average Bonchev–Trinajstić information content (AvgIpc) is 2.43. The van der Waals surface area contributed by atoms with Crippen LogP contribution < -0.4 is 11.3 Å². The van der Waals surface area contributed by atoms with Gasteiger partial charge in [0.1, 0.15) is 0 Å². The van der Waals surface area contributed by atoms with Gasteiger partial charge in [0, 0.05) is 16.9 Å². The molecule has 1 aromatic heterocycles. The van der Waals surface area contributed by atoms with Crippen molar-refractivity contribution in [1.29, 1.82) is 0 Å². The molecule has 0 aliphatic rings. The summed E-state index contributed by atoms with van der Waals surface area (Å²) < 4.78 is 1.14. The Morgan fingerprint density at radius 3 is 2.55 bits per heavy atom. The van der Waals surface area contributed by atoms with Gasteiger partial charge in [-0.05, 0) is 48.6 Å². The van der Waals surface area contributed by atoms with Crippen LogP contribution in [0.25, 0.3) is 0 Å². The molecule has 3 nitrogen and oxygen atoms in total. The van der Waals surface area contributed by atoms with Gasteiger partial charge in [0.2, 0.25) is 0 Å². The van der Waals surface area contributed by atoms with Crippen LogP contribution in [0.2, 0.25) is 5.02 Å². The van der Waals surface area contributed by atoms with E-state index in [4.69, 9.17) is 17.4 Å². The number of rotatable bonds is 4. The molecule has 0 amide bonds. The van der Waals surface area contributed by atoms with E-state index in [1.54, 1.807) is 12.4 Å². The van der Waals surface area contributed by atoms with E-state index in [-0.39, 0.29) is 6.04 Å². The number of hydrogen-bond acceptors (Lipinski definition) is 3. The fourth-order valence-electron chi connectivity index (χ4n) is 2.24. The summed E-state index contributed by atoms with van der Waals surface area (Å²) in [6.45, 7) is 4.15. The molecule has 0 saturated carbocycles. The van der Waals surface area contributed by atoms with E-state index in [1.807, 2.05) is 6.07 Å². The first kappa shape index (κ1) is 15.4. The van der Waals surface area contributed by atoms with Crippen LogP contribution in [0, 0.1) is 13.8 Å². The normalized spacial score (nSPS) is 12.4. The molecule has 0 radical (unpaired) electrons. The number of halogens is 2. The average molecular weight is 355 g/mol. The second-order valence-electron chi connectivity index (χ2n) is 4.86. The lowest BCUT2D eigenvalue weighted by Gasteiger charge is -2.19. The van der Waals surface area contributed by atoms with Gasteiger partial charge in [-0.3, -0.25) is 16.3 Å². The number of aromatic nitrogens is 1. The highest BCUT2D eigenvalue weighted by Gasteiger charge is 2.14. The molecule has 3 N–H and O–H groups in total. The lowest BCUT2D eigenvalue weighted by atomic mass is 9.97. The van der Waals surface area contributed by atoms with Crippen LogP contribution in [0.15, 0.2) is 35.1 Å². The van der Waals surface area contributed by atoms with Crippen LogP contribution in [0.3, 0.4) is 0 Å². The Hall–Kier alpha value is -0.940. The number of hydrazine groups is 1. The van der Waals surface area contributed by atoms with Crippen molar-refractivity contribution >= 4 is 27.5 Å². The third kappa shape index (κ3) is 3.38. The number of aryl methyl sites for hydroxylation is 2. The molecular formula is C15H17BrClN3. The second-order valence-corrected chi connectivity index (χ2v) is 6.06. The van der Waals surface area contributed by atoms with Gasteiger partial charge < -0.3 is 0 Å². The molecule has 1 heterocycles. The molecule has 2 rings (SSSR count). The van der Waals surface area contributed by atoms with Crippen LogP contribution in [0.4, 0.5) is 0 Å². The highest BCUT2D eigenvalue weighted by atomic mass is 79.9. The summed E-state index contributed by atoms with van der Waals surface area (Å²) in [5.74, 6) is 5.72. The van der Waals surface area contributed by atoms with E-state index >= 15 is 0 Å². The highest BCUT2D eigenvalue weighted by molar-refractivity contribution is 9.10. The van der Waals surface area contributed by atoms with E-state index in [0.717, 1.165) is 22.0 Å². The van der Waals surface area contributed by atoms with Crippen molar-refractivity contribution in [2.24, 2.45) is 5.84 Å². The Labute approximate surface area is 132 Å². The first-order valence-corrected chi connectivity index (χ1v) is 7.51. The Morgan fingerprint density at radius 2 is 2.00 bits per heavy atom. The predicted molar refractivity (Wildman–Crippen MR) is 86.6 cm³/mol. The zero-order valence-corrected chi connectivity index (χ0v) is 13.8. The summed E-state index contributed by atoms with van der Waals surface area (Å²) >= 11 is 9.74. The van der Waals surface area contributed by atoms with E-state index < -0.39 is 0 Å². The Kier molecular flexibility index (Phi) is 5.16. The van der Waals surface area contributed by atoms with Gasteiger partial charge in [-0.25, -0.2) is 0 Å². The maximum Gasteiger partial charge on any atom is 0.0622 e. The van der Waals surface area contributed by atoms with Crippen LogP contribution in [0.1, 0.15) is 28.3 Å². The van der Waals surface area contributed by atoms with Crippen molar-refractivity contribution in [3.63, 3.8) is 0 Å². The molecule has 0 saturated heterocycles. The van der Waals surface area contributed by atoms with Gasteiger partial charge in [-0.15, -0.1) is 0 Å². The van der Waals surface area contributed by atoms with Crippen LogP contribution in [0.5, 0.6) is 0 Å². The van der Waals surface area contributed by atoms with Crippen molar-refractivity contribution in [2.75, 3.05) is 0 Å². The first-order chi connectivity index (χ1) is 9.52. The molecule has 106 valence electrons. The number of nitrogens with two attached hydrogens (primary N) is 1. The quantitative estimate of drug-likeness (QED) is 0.647. The maximum atomic E-state index is 6.16. The molecule has 1 atom stereocenters. The Balaban J connectivity index is 2.31. The van der Waals surface area contributed by atoms with Crippen LogP contribution >= 0.6 is 27.5 Å². The smallest absolute Gasteiger partial charge is 0.0622 e. The Bertz CT molecular complexity index is 593. The predicted octanol–water partition coefficient (Wildman–Crippen LogP) is 3.86. The van der Waals surface area contributed by atoms with Gasteiger partial charge in [-0.1, -0.05) is 39.7 Å². The highest BCUT2D eigenvalue weighted by Crippen LogP contribution is 2.28. The van der Waals surface area contributed by atoms with Gasteiger partial charge >= 0.3 is 0 Å². The van der Waals surface area contributed by atoms with Crippen molar-refractivity contribution in [2.45, 2.75) is 26.3 Å². The zero-order valence-electron chi connectivity index (χ0n) is 11.5. The summed E-state index contributed by atoms with van der Waals surface area (Å²) in [5, 5.41) is 0.665. The van der Waals surface area contributed by atoms with Crippen molar-refractivity contribution in [3.05, 3.63) is 62.3 Å². The number of nitrogens with zero attached hydrogens (tertiary/aromatic N) is 1. The molecule has 1 unspecified atom stereocenters. The molecule has 5 heteroatoms. The van der Waals surface area contributed by atoms with E-state index in [1.165, 1.54) is 11.1 Å². The van der Waals surface area contributed by atoms with E-state index in [0.29, 0.717) is 5.02 Å². The van der Waals surface area contributed by atoms with Gasteiger partial charge in [0.25, 0.3) is 0 Å². The fourth-order valence-corrected chi connectivity index (χ4v) is 2.67. The molecule has 0 aliphatic carbocycles. The SMILES string of the molecule is Cc1cc(C(Cc2ccncc2Cl)NN)cc(C)c1Br. The topological polar surface area (TPSA) is 50.9 Å². The maximum absolute atomic E-state index is 6.16. The van der Waals surface area contributed by atoms with Gasteiger partial charge in [0.05, 0.1) is 11.1 Å². The summed E-state index contributed by atoms with van der Waals surface area (Å²) in [4.78, 5) is 4.00. The third-order valence-electron chi connectivity index (χ3n) is 3.34.